The van der Waals surface area contributed by atoms with Crippen LogP contribution in [0.5, 0.6) is 0 Å². The molecule has 124 valence electrons. The SMILES string of the molecule is O=C(OI(=O)(c1ccc(F)cc1)c1ccc(F)cc1)C(F)(F)F. The van der Waals surface area contributed by atoms with Gasteiger partial charge in [-0.15, -0.1) is 0 Å². The predicted molar refractivity (Wildman–Crippen MR) is 77.0 cm³/mol. The molecule has 0 aromatic heterocycles. The zero-order valence-electron chi connectivity index (χ0n) is 11.1. The minimum absolute atomic E-state index is 0.262. The first-order chi connectivity index (χ1) is 10.6. The van der Waals surface area contributed by atoms with Crippen LogP contribution in [0.3, 0.4) is 0 Å². The summed E-state index contributed by atoms with van der Waals surface area (Å²) < 4.78 is 80.0. The molecule has 9 heteroatoms. The summed E-state index contributed by atoms with van der Waals surface area (Å²) >= 11 is -5.40. The van der Waals surface area contributed by atoms with Gasteiger partial charge in [0.1, 0.15) is 0 Å². The van der Waals surface area contributed by atoms with Crippen LogP contribution in [-0.4, -0.2) is 12.1 Å². The fourth-order valence-electron chi connectivity index (χ4n) is 1.55. The van der Waals surface area contributed by atoms with Crippen molar-refractivity contribution < 1.29 is 32.9 Å². The maximum atomic E-state index is 13.0. The Balaban J connectivity index is 2.54. The molecule has 0 bridgehead atoms. The Hall–Kier alpha value is -1.91. The fourth-order valence-corrected chi connectivity index (χ4v) is 6.20. The third kappa shape index (κ3) is 3.89. The summed E-state index contributed by atoms with van der Waals surface area (Å²) in [4.78, 5) is 11.1. The van der Waals surface area contributed by atoms with Crippen LogP contribution in [0.25, 0.3) is 0 Å². The van der Waals surface area contributed by atoms with Gasteiger partial charge in [-0.2, -0.15) is 0 Å². The maximum absolute atomic E-state index is 13.0. The molecule has 0 spiro atoms. The van der Waals surface area contributed by atoms with Gasteiger partial charge >= 0.3 is 131 Å². The number of carbonyl (C=O) groups excluding carboxylic acids is 1. The molecular weight excluding hydrogens is 438 g/mol. The fraction of sp³-hybridized carbons (Fsp3) is 0.0714. The van der Waals surface area contributed by atoms with Crippen molar-refractivity contribution in [1.29, 1.82) is 0 Å². The molecule has 3 nitrogen and oxygen atoms in total. The Morgan fingerprint density at radius 3 is 1.48 bits per heavy atom. The van der Waals surface area contributed by atoms with Crippen molar-refractivity contribution in [1.82, 2.24) is 0 Å². The van der Waals surface area contributed by atoms with Crippen LogP contribution in [0.1, 0.15) is 0 Å². The van der Waals surface area contributed by atoms with Crippen molar-refractivity contribution in [2.45, 2.75) is 6.18 Å². The van der Waals surface area contributed by atoms with Gasteiger partial charge in [0.05, 0.1) is 0 Å². The van der Waals surface area contributed by atoms with Crippen molar-refractivity contribution in [2.24, 2.45) is 0 Å². The van der Waals surface area contributed by atoms with E-state index in [4.69, 9.17) is 0 Å². The van der Waals surface area contributed by atoms with E-state index >= 15 is 0 Å². The van der Waals surface area contributed by atoms with Gasteiger partial charge in [0.15, 0.2) is 0 Å². The van der Waals surface area contributed by atoms with Crippen LogP contribution in [0.2, 0.25) is 0 Å². The Kier molecular flexibility index (Phi) is 4.78. The molecule has 0 aliphatic heterocycles. The predicted octanol–water partition coefficient (Wildman–Crippen LogP) is 4.41. The van der Waals surface area contributed by atoms with E-state index < -0.39 is 42.6 Å². The van der Waals surface area contributed by atoms with E-state index in [1.807, 2.05) is 0 Å². The summed E-state index contributed by atoms with van der Waals surface area (Å²) in [7, 11) is 0. The summed E-state index contributed by atoms with van der Waals surface area (Å²) in [5, 5.41) is 0. The molecule has 0 saturated carbocycles. The summed E-state index contributed by atoms with van der Waals surface area (Å²) in [5.41, 5.74) is 0. The van der Waals surface area contributed by atoms with Gasteiger partial charge in [0.25, 0.3) is 0 Å². The molecule has 2 rings (SSSR count). The molecule has 23 heavy (non-hydrogen) atoms. The molecule has 0 aliphatic rings. The van der Waals surface area contributed by atoms with Crippen molar-refractivity contribution >= 4 is 24.8 Å². The van der Waals surface area contributed by atoms with Crippen LogP contribution < -0.4 is 0 Å². The second-order valence-electron chi connectivity index (χ2n) is 4.20. The molecule has 0 N–H and O–H groups in total. The van der Waals surface area contributed by atoms with E-state index in [-0.39, 0.29) is 7.14 Å². The molecule has 0 amide bonds. The molecule has 0 heterocycles. The molecule has 0 unspecified atom stereocenters. The molecule has 0 atom stereocenters. The van der Waals surface area contributed by atoms with E-state index in [1.165, 1.54) is 0 Å². The number of rotatable bonds is 3. The van der Waals surface area contributed by atoms with Gasteiger partial charge in [0.2, 0.25) is 0 Å². The third-order valence-electron chi connectivity index (χ3n) is 2.59. The number of hydrogen-bond donors (Lipinski definition) is 0. The summed E-state index contributed by atoms with van der Waals surface area (Å²) in [6.45, 7) is 0. The number of alkyl halides is 3. The van der Waals surface area contributed by atoms with Gasteiger partial charge in [-0.05, 0) is 0 Å². The average molecular weight is 446 g/mol. The molecule has 0 radical (unpaired) electrons. The van der Waals surface area contributed by atoms with Gasteiger partial charge < -0.3 is 0 Å². The average Bonchev–Trinajstić information content (AvgIpc) is 2.47. The van der Waals surface area contributed by atoms with Crippen LogP contribution in [0.4, 0.5) is 22.0 Å². The van der Waals surface area contributed by atoms with E-state index in [1.54, 1.807) is 0 Å². The van der Waals surface area contributed by atoms with Gasteiger partial charge in [-0.25, -0.2) is 0 Å². The first kappa shape index (κ1) is 17.4. The van der Waals surface area contributed by atoms with Crippen molar-refractivity contribution in [3.05, 3.63) is 67.3 Å². The Morgan fingerprint density at radius 2 is 1.17 bits per heavy atom. The topological polar surface area (TPSA) is 43.4 Å². The van der Waals surface area contributed by atoms with Crippen molar-refractivity contribution in [3.8, 4) is 0 Å². The van der Waals surface area contributed by atoms with Crippen LogP contribution in [-0.2, 0) is 10.9 Å². The minimum atomic E-state index is -5.40. The number of benzene rings is 2. The van der Waals surface area contributed by atoms with Gasteiger partial charge in [-0.3, -0.25) is 0 Å². The monoisotopic (exact) mass is 446 g/mol. The van der Waals surface area contributed by atoms with E-state index in [2.05, 4.69) is 3.07 Å². The van der Waals surface area contributed by atoms with Gasteiger partial charge in [0, 0.05) is 0 Å². The van der Waals surface area contributed by atoms with Crippen LogP contribution in [0, 0.1) is 18.8 Å². The number of halogens is 6. The van der Waals surface area contributed by atoms with Crippen LogP contribution >= 0.6 is 18.8 Å². The van der Waals surface area contributed by atoms with E-state index in [9.17, 15) is 29.8 Å². The van der Waals surface area contributed by atoms with E-state index in [0.29, 0.717) is 0 Å². The third-order valence-corrected chi connectivity index (χ3v) is 8.33. The summed E-state index contributed by atoms with van der Waals surface area (Å²) in [5.74, 6) is -4.05. The van der Waals surface area contributed by atoms with Gasteiger partial charge in [-0.1, -0.05) is 0 Å². The molecule has 0 saturated heterocycles. The Labute approximate surface area is 131 Å². The Morgan fingerprint density at radius 1 is 0.826 bits per heavy atom. The second kappa shape index (κ2) is 6.30. The van der Waals surface area contributed by atoms with Crippen LogP contribution in [0.15, 0.2) is 48.5 Å². The van der Waals surface area contributed by atoms with E-state index in [0.717, 1.165) is 48.5 Å². The molecule has 0 fully saturated rings. The second-order valence-corrected chi connectivity index (χ2v) is 9.79. The molecular formula is C14H8F5IO3. The first-order valence-electron chi connectivity index (χ1n) is 5.93. The zero-order chi connectivity index (χ0) is 17.3. The Bertz CT molecular complexity index is 704. The number of carbonyl (C=O) groups is 1. The quantitative estimate of drug-likeness (QED) is 0.519. The standard InChI is InChI=1S/C14H8F5IO3/c15-9-1-5-11(6-2-9)20(22,23-13(21)14(17,18)19)12-7-3-10(16)4-8-12/h1-8H. The zero-order valence-corrected chi connectivity index (χ0v) is 13.3. The number of hydrogen-bond acceptors (Lipinski definition) is 3. The molecule has 2 aromatic rings. The molecule has 0 aliphatic carbocycles. The van der Waals surface area contributed by atoms with Crippen molar-refractivity contribution in [3.63, 3.8) is 0 Å². The summed E-state index contributed by atoms with van der Waals surface area (Å²) in [6, 6.07) is 7.34. The molecule has 2 aromatic carbocycles. The normalized spacial score (nSPS) is 12.7. The first-order valence-corrected chi connectivity index (χ1v) is 9.85. The summed E-state index contributed by atoms with van der Waals surface area (Å²) in [6.07, 6.45) is -5.35. The van der Waals surface area contributed by atoms with Crippen molar-refractivity contribution in [2.75, 3.05) is 0 Å².